The van der Waals surface area contributed by atoms with Gasteiger partial charge in [0, 0.05) is 26.2 Å². The maximum absolute atomic E-state index is 12.4. The van der Waals surface area contributed by atoms with Crippen LogP contribution in [0.15, 0.2) is 59.6 Å². The van der Waals surface area contributed by atoms with E-state index in [0.29, 0.717) is 43.1 Å². The van der Waals surface area contributed by atoms with Crippen molar-refractivity contribution < 1.29 is 14.7 Å². The van der Waals surface area contributed by atoms with E-state index in [1.807, 2.05) is 37.3 Å². The SMILES string of the molecule is CCNC(=NCCC(O)c1ccccc1)NCCN1C(=O)c2ccccc2C1=O.I. The number of rotatable bonds is 8. The van der Waals surface area contributed by atoms with E-state index in [9.17, 15) is 14.7 Å². The van der Waals surface area contributed by atoms with E-state index in [4.69, 9.17) is 0 Å². The van der Waals surface area contributed by atoms with Crippen molar-refractivity contribution >= 4 is 41.8 Å². The molecule has 0 radical (unpaired) electrons. The fourth-order valence-electron chi connectivity index (χ4n) is 3.21. The van der Waals surface area contributed by atoms with Crippen molar-refractivity contribution in [1.82, 2.24) is 15.5 Å². The first kappa shape index (κ1) is 23.8. The number of amides is 2. The Kier molecular flexibility index (Phi) is 9.25. The summed E-state index contributed by atoms with van der Waals surface area (Å²) in [6.07, 6.45) is -0.0694. The fourth-order valence-corrected chi connectivity index (χ4v) is 3.21. The zero-order valence-electron chi connectivity index (χ0n) is 16.9. The van der Waals surface area contributed by atoms with E-state index in [-0.39, 0.29) is 42.3 Å². The second-order valence-electron chi connectivity index (χ2n) is 6.71. The lowest BCUT2D eigenvalue weighted by molar-refractivity contribution is 0.0657. The van der Waals surface area contributed by atoms with Crippen molar-refractivity contribution in [2.75, 3.05) is 26.2 Å². The van der Waals surface area contributed by atoms with Gasteiger partial charge in [0.1, 0.15) is 0 Å². The first-order chi connectivity index (χ1) is 14.1. The highest BCUT2D eigenvalue weighted by Gasteiger charge is 2.34. The van der Waals surface area contributed by atoms with Crippen LogP contribution < -0.4 is 10.6 Å². The summed E-state index contributed by atoms with van der Waals surface area (Å²) in [4.78, 5) is 30.5. The number of aliphatic hydroxyl groups excluding tert-OH is 1. The summed E-state index contributed by atoms with van der Waals surface area (Å²) >= 11 is 0. The van der Waals surface area contributed by atoms with E-state index >= 15 is 0 Å². The Morgan fingerprint density at radius 3 is 2.20 bits per heavy atom. The molecule has 30 heavy (non-hydrogen) atoms. The number of guanidine groups is 1. The van der Waals surface area contributed by atoms with Crippen LogP contribution in [0.4, 0.5) is 0 Å². The largest absolute Gasteiger partial charge is 0.388 e. The molecule has 0 saturated heterocycles. The minimum absolute atomic E-state index is 0. The van der Waals surface area contributed by atoms with Gasteiger partial charge in [-0.25, -0.2) is 0 Å². The number of nitrogens with one attached hydrogen (secondary N) is 2. The number of nitrogens with zero attached hydrogens (tertiary/aromatic N) is 2. The number of hydrogen-bond donors (Lipinski definition) is 3. The predicted molar refractivity (Wildman–Crippen MR) is 127 cm³/mol. The van der Waals surface area contributed by atoms with Gasteiger partial charge in [-0.05, 0) is 31.0 Å². The standard InChI is InChI=1S/C22H26N4O3.HI/c1-2-23-22(24-13-12-19(27)16-8-4-3-5-9-16)25-14-15-26-20(28)17-10-6-7-11-18(17)21(26)29;/h3-11,19,27H,2,12-15H2,1H3,(H2,23,24,25);1H. The van der Waals surface area contributed by atoms with Crippen molar-refractivity contribution in [3.63, 3.8) is 0 Å². The van der Waals surface area contributed by atoms with Gasteiger partial charge in [-0.1, -0.05) is 42.5 Å². The maximum Gasteiger partial charge on any atom is 0.261 e. The molecule has 1 heterocycles. The van der Waals surface area contributed by atoms with Gasteiger partial charge in [-0.2, -0.15) is 0 Å². The third-order valence-corrected chi connectivity index (χ3v) is 4.71. The Morgan fingerprint density at radius 2 is 1.60 bits per heavy atom. The van der Waals surface area contributed by atoms with Crippen molar-refractivity contribution in [2.45, 2.75) is 19.4 Å². The number of carbonyl (C=O) groups is 2. The molecular weight excluding hydrogens is 495 g/mol. The number of halogens is 1. The topological polar surface area (TPSA) is 94.0 Å². The molecule has 1 aliphatic heterocycles. The predicted octanol–water partition coefficient (Wildman–Crippen LogP) is 2.58. The van der Waals surface area contributed by atoms with Gasteiger partial charge >= 0.3 is 0 Å². The molecule has 0 fully saturated rings. The molecule has 0 saturated carbocycles. The average molecular weight is 522 g/mol. The summed E-state index contributed by atoms with van der Waals surface area (Å²) in [5.41, 5.74) is 1.77. The smallest absolute Gasteiger partial charge is 0.261 e. The molecule has 0 aromatic heterocycles. The van der Waals surface area contributed by atoms with Gasteiger partial charge in [0.15, 0.2) is 5.96 Å². The van der Waals surface area contributed by atoms with Crippen LogP contribution in [-0.4, -0.2) is 54.0 Å². The van der Waals surface area contributed by atoms with Crippen LogP contribution in [0.3, 0.4) is 0 Å². The van der Waals surface area contributed by atoms with E-state index in [1.165, 1.54) is 4.90 Å². The molecule has 1 aliphatic rings. The molecule has 160 valence electrons. The fraction of sp³-hybridized carbons (Fsp3) is 0.318. The number of hydrogen-bond acceptors (Lipinski definition) is 4. The summed E-state index contributed by atoms with van der Waals surface area (Å²) in [7, 11) is 0. The zero-order valence-corrected chi connectivity index (χ0v) is 19.2. The zero-order chi connectivity index (χ0) is 20.6. The Morgan fingerprint density at radius 1 is 1.00 bits per heavy atom. The summed E-state index contributed by atoms with van der Waals surface area (Å²) in [6.45, 7) is 3.72. The number of aliphatic hydroxyl groups is 1. The highest BCUT2D eigenvalue weighted by molar-refractivity contribution is 14.0. The molecule has 1 unspecified atom stereocenters. The first-order valence-electron chi connectivity index (χ1n) is 9.82. The molecule has 0 bridgehead atoms. The minimum atomic E-state index is -0.568. The van der Waals surface area contributed by atoms with Gasteiger partial charge < -0.3 is 15.7 Å². The van der Waals surface area contributed by atoms with Crippen molar-refractivity contribution in [3.8, 4) is 0 Å². The Labute approximate surface area is 193 Å². The molecule has 3 rings (SSSR count). The number of carbonyl (C=O) groups excluding carboxylic acids is 2. The van der Waals surface area contributed by atoms with E-state index < -0.39 is 6.10 Å². The third kappa shape index (κ3) is 5.79. The number of aliphatic imine (C=N–C) groups is 1. The third-order valence-electron chi connectivity index (χ3n) is 4.71. The molecule has 0 aliphatic carbocycles. The number of imide groups is 1. The summed E-state index contributed by atoms with van der Waals surface area (Å²) in [6, 6.07) is 16.3. The lowest BCUT2D eigenvalue weighted by Crippen LogP contribution is -2.43. The maximum atomic E-state index is 12.4. The highest BCUT2D eigenvalue weighted by Crippen LogP contribution is 2.21. The molecule has 2 aromatic rings. The molecular formula is C22H27IN4O3. The molecule has 1 atom stereocenters. The van der Waals surface area contributed by atoms with Crippen LogP contribution in [0.2, 0.25) is 0 Å². The van der Waals surface area contributed by atoms with E-state index in [1.54, 1.807) is 24.3 Å². The average Bonchev–Trinajstić information content (AvgIpc) is 2.99. The summed E-state index contributed by atoms with van der Waals surface area (Å²) in [5.74, 6) is 0.0602. The molecule has 8 heteroatoms. The van der Waals surface area contributed by atoms with Crippen LogP contribution in [0, 0.1) is 0 Å². The van der Waals surface area contributed by atoms with Crippen LogP contribution in [0.1, 0.15) is 45.7 Å². The van der Waals surface area contributed by atoms with Crippen LogP contribution in [0.25, 0.3) is 0 Å². The minimum Gasteiger partial charge on any atom is -0.388 e. The van der Waals surface area contributed by atoms with Crippen molar-refractivity contribution in [3.05, 3.63) is 71.3 Å². The van der Waals surface area contributed by atoms with E-state index in [0.717, 1.165) is 5.56 Å². The lowest BCUT2D eigenvalue weighted by Gasteiger charge is -2.16. The molecule has 3 N–H and O–H groups in total. The van der Waals surface area contributed by atoms with E-state index in [2.05, 4.69) is 15.6 Å². The van der Waals surface area contributed by atoms with Gasteiger partial charge in [-0.3, -0.25) is 19.5 Å². The number of fused-ring (bicyclic) bond motifs is 1. The lowest BCUT2D eigenvalue weighted by atomic mass is 10.1. The van der Waals surface area contributed by atoms with Gasteiger partial charge in [0.25, 0.3) is 11.8 Å². The Balaban J connectivity index is 0.00000320. The van der Waals surface area contributed by atoms with Crippen LogP contribution >= 0.6 is 24.0 Å². The Bertz CT molecular complexity index is 854. The van der Waals surface area contributed by atoms with Gasteiger partial charge in [0.05, 0.1) is 17.2 Å². The highest BCUT2D eigenvalue weighted by atomic mass is 127. The normalized spacial score (nSPS) is 14.2. The van der Waals surface area contributed by atoms with Crippen LogP contribution in [0.5, 0.6) is 0 Å². The monoisotopic (exact) mass is 522 g/mol. The number of benzene rings is 2. The summed E-state index contributed by atoms with van der Waals surface area (Å²) < 4.78 is 0. The first-order valence-corrected chi connectivity index (χ1v) is 9.82. The quantitative estimate of drug-likeness (QED) is 0.215. The molecule has 2 amide bonds. The van der Waals surface area contributed by atoms with Crippen molar-refractivity contribution in [1.29, 1.82) is 0 Å². The Hall–Kier alpha value is -2.46. The summed E-state index contributed by atoms with van der Waals surface area (Å²) in [5, 5.41) is 16.5. The molecule has 0 spiro atoms. The van der Waals surface area contributed by atoms with Crippen molar-refractivity contribution in [2.24, 2.45) is 4.99 Å². The molecule has 2 aromatic carbocycles. The second-order valence-corrected chi connectivity index (χ2v) is 6.71. The van der Waals surface area contributed by atoms with Crippen LogP contribution in [-0.2, 0) is 0 Å². The van der Waals surface area contributed by atoms with Gasteiger partial charge in [0.2, 0.25) is 0 Å². The van der Waals surface area contributed by atoms with Gasteiger partial charge in [-0.15, -0.1) is 24.0 Å². The second kappa shape index (κ2) is 11.7. The molecule has 7 nitrogen and oxygen atoms in total.